The molecule has 3 rings (SSSR count). The first kappa shape index (κ1) is 23.7. The first-order chi connectivity index (χ1) is 15.7. The van der Waals surface area contributed by atoms with Crippen LogP contribution in [0.5, 0.6) is 5.75 Å². The molecule has 1 atom stereocenters. The third kappa shape index (κ3) is 6.29. The Balaban J connectivity index is 1.67. The average Bonchev–Trinajstić information content (AvgIpc) is 2.78. The van der Waals surface area contributed by atoms with E-state index in [0.29, 0.717) is 18.8 Å². The molecule has 1 amide bonds. The van der Waals surface area contributed by atoms with Gasteiger partial charge in [-0.05, 0) is 68.3 Å². The number of nitrogens with one attached hydrogen (secondary N) is 1. The zero-order valence-corrected chi connectivity index (χ0v) is 19.2. The van der Waals surface area contributed by atoms with Crippen LogP contribution in [0.25, 0.3) is 0 Å². The number of nitro benzene ring substituents is 1. The number of amides is 1. The normalized spacial score (nSPS) is 11.5. The van der Waals surface area contributed by atoms with Crippen molar-refractivity contribution in [3.05, 3.63) is 93.3 Å². The van der Waals surface area contributed by atoms with Gasteiger partial charge in [0.25, 0.3) is 11.6 Å². The largest absolute Gasteiger partial charge is 0.492 e. The van der Waals surface area contributed by atoms with Gasteiger partial charge in [0, 0.05) is 24.9 Å². The molecule has 0 spiro atoms. The van der Waals surface area contributed by atoms with Crippen LogP contribution < -0.4 is 10.1 Å². The number of rotatable bonds is 9. The topological polar surface area (TPSA) is 97.6 Å². The number of benzene rings is 2. The SMILES string of the molecule is Cc1cc(C)cc(OCCN(C)C(=O)c2ccc(NC(C)c3ccccn3)c([N+](=O)[O-])c2)c1. The van der Waals surface area contributed by atoms with Gasteiger partial charge in [0.2, 0.25) is 0 Å². The zero-order valence-electron chi connectivity index (χ0n) is 19.2. The third-order valence-corrected chi connectivity index (χ3v) is 5.18. The van der Waals surface area contributed by atoms with Crippen molar-refractivity contribution >= 4 is 17.3 Å². The minimum atomic E-state index is -0.493. The summed E-state index contributed by atoms with van der Waals surface area (Å²) >= 11 is 0. The van der Waals surface area contributed by atoms with E-state index in [-0.39, 0.29) is 23.2 Å². The van der Waals surface area contributed by atoms with Crippen LogP contribution in [-0.4, -0.2) is 40.9 Å². The molecule has 0 aliphatic heterocycles. The Labute approximate surface area is 193 Å². The molecule has 33 heavy (non-hydrogen) atoms. The van der Waals surface area contributed by atoms with E-state index in [4.69, 9.17) is 4.74 Å². The van der Waals surface area contributed by atoms with Gasteiger partial charge < -0.3 is 15.0 Å². The number of nitro groups is 1. The van der Waals surface area contributed by atoms with Crippen LogP contribution in [0.1, 0.15) is 40.1 Å². The Bertz CT molecular complexity index is 1110. The van der Waals surface area contributed by atoms with Crippen molar-refractivity contribution in [1.82, 2.24) is 9.88 Å². The summed E-state index contributed by atoms with van der Waals surface area (Å²) in [7, 11) is 1.65. The summed E-state index contributed by atoms with van der Waals surface area (Å²) in [5.74, 6) is 0.438. The highest BCUT2D eigenvalue weighted by molar-refractivity contribution is 5.95. The van der Waals surface area contributed by atoms with Gasteiger partial charge in [-0.2, -0.15) is 0 Å². The predicted molar refractivity (Wildman–Crippen MR) is 128 cm³/mol. The summed E-state index contributed by atoms with van der Waals surface area (Å²) in [4.78, 5) is 29.8. The maximum atomic E-state index is 12.8. The molecule has 8 nitrogen and oxygen atoms in total. The first-order valence-corrected chi connectivity index (χ1v) is 10.7. The van der Waals surface area contributed by atoms with Crippen LogP contribution in [0, 0.1) is 24.0 Å². The first-order valence-electron chi connectivity index (χ1n) is 10.7. The van der Waals surface area contributed by atoms with Crippen molar-refractivity contribution in [3.8, 4) is 5.75 Å². The fraction of sp³-hybridized carbons (Fsp3) is 0.280. The van der Waals surface area contributed by atoms with Gasteiger partial charge >= 0.3 is 0 Å². The van der Waals surface area contributed by atoms with Crippen LogP contribution >= 0.6 is 0 Å². The lowest BCUT2D eigenvalue weighted by molar-refractivity contribution is -0.384. The van der Waals surface area contributed by atoms with Crippen LogP contribution in [0.4, 0.5) is 11.4 Å². The smallest absolute Gasteiger partial charge is 0.293 e. The van der Waals surface area contributed by atoms with E-state index in [1.54, 1.807) is 25.4 Å². The molecule has 1 heterocycles. The highest BCUT2D eigenvalue weighted by atomic mass is 16.6. The van der Waals surface area contributed by atoms with E-state index >= 15 is 0 Å². The summed E-state index contributed by atoms with van der Waals surface area (Å²) in [5.41, 5.74) is 3.38. The molecule has 172 valence electrons. The molecule has 0 aliphatic rings. The minimum absolute atomic E-state index is 0.163. The standard InChI is InChI=1S/C25H28N4O4/c1-17-13-18(2)15-21(14-17)33-12-11-28(4)25(30)20-8-9-23(24(16-20)29(31)32)27-19(3)22-7-5-6-10-26-22/h5-10,13-16,19,27H,11-12H2,1-4H3. The highest BCUT2D eigenvalue weighted by Crippen LogP contribution is 2.29. The Morgan fingerprint density at radius 1 is 1.15 bits per heavy atom. The summed E-state index contributed by atoms with van der Waals surface area (Å²) in [5, 5.41) is 14.8. The van der Waals surface area contributed by atoms with E-state index in [0.717, 1.165) is 22.6 Å². The molecule has 0 fully saturated rings. The predicted octanol–water partition coefficient (Wildman–Crippen LogP) is 4.93. The average molecular weight is 449 g/mol. The Kier molecular flexibility index (Phi) is 7.61. The number of aromatic nitrogens is 1. The van der Waals surface area contributed by atoms with Crippen molar-refractivity contribution in [2.75, 3.05) is 25.5 Å². The summed E-state index contributed by atoms with van der Waals surface area (Å²) in [6.45, 7) is 6.52. The van der Waals surface area contributed by atoms with Gasteiger partial charge in [0.05, 0.1) is 23.2 Å². The molecule has 8 heteroatoms. The number of aryl methyl sites for hydroxylation is 2. The third-order valence-electron chi connectivity index (χ3n) is 5.18. The van der Waals surface area contributed by atoms with Crippen LogP contribution in [-0.2, 0) is 0 Å². The molecule has 0 saturated heterocycles. The molecule has 1 N–H and O–H groups in total. The summed E-state index contributed by atoms with van der Waals surface area (Å²) in [6.07, 6.45) is 1.67. The van der Waals surface area contributed by atoms with Gasteiger partial charge in [0.1, 0.15) is 18.0 Å². The summed E-state index contributed by atoms with van der Waals surface area (Å²) in [6, 6.07) is 15.7. The van der Waals surface area contributed by atoms with E-state index in [1.807, 2.05) is 51.1 Å². The molecule has 0 saturated carbocycles. The second-order valence-corrected chi connectivity index (χ2v) is 8.01. The van der Waals surface area contributed by atoms with Crippen molar-refractivity contribution < 1.29 is 14.5 Å². The number of pyridine rings is 1. The lowest BCUT2D eigenvalue weighted by Crippen LogP contribution is -2.31. The fourth-order valence-electron chi connectivity index (χ4n) is 3.52. The lowest BCUT2D eigenvalue weighted by Gasteiger charge is -2.19. The maximum Gasteiger partial charge on any atom is 0.293 e. The van der Waals surface area contributed by atoms with Crippen LogP contribution in [0.15, 0.2) is 60.8 Å². The Morgan fingerprint density at radius 2 is 1.88 bits per heavy atom. The molecular weight excluding hydrogens is 420 g/mol. The van der Waals surface area contributed by atoms with Crippen molar-refractivity contribution in [3.63, 3.8) is 0 Å². The quantitative estimate of drug-likeness (QED) is 0.368. The maximum absolute atomic E-state index is 12.8. The number of ether oxygens (including phenoxy) is 1. The molecule has 0 radical (unpaired) electrons. The van der Waals surface area contributed by atoms with Crippen molar-refractivity contribution in [2.24, 2.45) is 0 Å². The molecule has 0 bridgehead atoms. The monoisotopic (exact) mass is 448 g/mol. The number of hydrogen-bond donors (Lipinski definition) is 1. The van der Waals surface area contributed by atoms with Crippen molar-refractivity contribution in [1.29, 1.82) is 0 Å². The van der Waals surface area contributed by atoms with Crippen LogP contribution in [0.3, 0.4) is 0 Å². The van der Waals surface area contributed by atoms with Gasteiger partial charge in [-0.25, -0.2) is 0 Å². The number of carbonyl (C=O) groups excluding carboxylic acids is 1. The molecule has 0 aliphatic carbocycles. The second kappa shape index (κ2) is 10.6. The molecule has 2 aromatic carbocycles. The number of carbonyl (C=O) groups is 1. The zero-order chi connectivity index (χ0) is 24.0. The van der Waals surface area contributed by atoms with E-state index < -0.39 is 4.92 Å². The summed E-state index contributed by atoms with van der Waals surface area (Å²) < 4.78 is 5.77. The molecule has 3 aromatic rings. The van der Waals surface area contributed by atoms with E-state index in [9.17, 15) is 14.9 Å². The van der Waals surface area contributed by atoms with Crippen molar-refractivity contribution in [2.45, 2.75) is 26.8 Å². The van der Waals surface area contributed by atoms with Gasteiger partial charge in [0.15, 0.2) is 0 Å². The van der Waals surface area contributed by atoms with Gasteiger partial charge in [-0.1, -0.05) is 12.1 Å². The lowest BCUT2D eigenvalue weighted by atomic mass is 10.1. The van der Waals surface area contributed by atoms with E-state index in [2.05, 4.69) is 16.4 Å². The highest BCUT2D eigenvalue weighted by Gasteiger charge is 2.21. The van der Waals surface area contributed by atoms with Crippen LogP contribution in [0.2, 0.25) is 0 Å². The second-order valence-electron chi connectivity index (χ2n) is 8.01. The number of hydrogen-bond acceptors (Lipinski definition) is 6. The molecular formula is C25H28N4O4. The minimum Gasteiger partial charge on any atom is -0.492 e. The fourth-order valence-corrected chi connectivity index (χ4v) is 3.52. The molecule has 1 aromatic heterocycles. The number of likely N-dealkylation sites (N-methyl/N-ethyl adjacent to an activating group) is 1. The molecule has 1 unspecified atom stereocenters. The Hall–Kier alpha value is -3.94. The van der Waals surface area contributed by atoms with E-state index in [1.165, 1.54) is 11.0 Å². The Morgan fingerprint density at radius 3 is 2.52 bits per heavy atom. The van der Waals surface area contributed by atoms with Gasteiger partial charge in [-0.15, -0.1) is 0 Å². The van der Waals surface area contributed by atoms with Gasteiger partial charge in [-0.3, -0.25) is 19.9 Å². The number of anilines is 1. The number of nitrogens with zero attached hydrogens (tertiary/aromatic N) is 3.